The highest BCUT2D eigenvalue weighted by Gasteiger charge is 2.26. The highest BCUT2D eigenvalue weighted by atomic mass is 35.5. The summed E-state index contributed by atoms with van der Waals surface area (Å²) in [7, 11) is 2.07. The van der Waals surface area contributed by atoms with Crippen LogP contribution >= 0.6 is 34.5 Å². The van der Waals surface area contributed by atoms with Crippen LogP contribution in [-0.4, -0.2) is 98.3 Å². The number of anilines is 1. The van der Waals surface area contributed by atoms with Gasteiger partial charge in [0.25, 0.3) is 5.91 Å². The van der Waals surface area contributed by atoms with Gasteiger partial charge < -0.3 is 25.3 Å². The maximum Gasteiger partial charge on any atom is 0.261 e. The fourth-order valence-corrected chi connectivity index (χ4v) is 8.86. The number of benzene rings is 1. The number of ether oxygens (including phenoxy) is 1. The van der Waals surface area contributed by atoms with Gasteiger partial charge in [-0.1, -0.05) is 25.1 Å². The highest BCUT2D eigenvalue weighted by molar-refractivity contribution is 7.20. The third-order valence-corrected chi connectivity index (χ3v) is 11.7. The quantitative estimate of drug-likeness (QED) is 0.155. The summed E-state index contributed by atoms with van der Waals surface area (Å²) in [6.45, 7) is 8.39. The molecule has 2 unspecified atom stereocenters. The molecule has 1 aliphatic carbocycles. The minimum absolute atomic E-state index is 0.137. The molecule has 0 radical (unpaired) electrons. The van der Waals surface area contributed by atoms with Crippen LogP contribution < -0.4 is 26.5 Å². The number of fused-ring (bicyclic) bond motifs is 2. The number of carbonyl (C=O) groups is 2. The lowest BCUT2D eigenvalue weighted by Gasteiger charge is -2.32. The summed E-state index contributed by atoms with van der Waals surface area (Å²) < 4.78 is 8.38. The lowest BCUT2D eigenvalue weighted by atomic mass is 9.93. The van der Waals surface area contributed by atoms with Gasteiger partial charge in [-0.15, -0.1) is 34.5 Å². The smallest absolute Gasteiger partial charge is 0.261 e. The van der Waals surface area contributed by atoms with E-state index in [2.05, 4.69) is 50.9 Å². The molecule has 0 saturated carbocycles. The van der Waals surface area contributed by atoms with Gasteiger partial charge in [0.2, 0.25) is 11.9 Å². The van der Waals surface area contributed by atoms with E-state index in [1.807, 2.05) is 42.2 Å². The summed E-state index contributed by atoms with van der Waals surface area (Å²) in [5.74, 6) is 3.97. The summed E-state index contributed by atoms with van der Waals surface area (Å²) in [5.41, 5.74) is 7.58. The minimum atomic E-state index is -0.137. The number of hydrogen-bond donors (Lipinski definition) is 2. The first-order valence-electron chi connectivity index (χ1n) is 18.7. The minimum Gasteiger partial charge on any atom is -0.494 e. The van der Waals surface area contributed by atoms with Gasteiger partial charge in [-0.25, -0.2) is 15.0 Å². The summed E-state index contributed by atoms with van der Waals surface area (Å²) in [5, 5.41) is 5.78. The van der Waals surface area contributed by atoms with E-state index in [-0.39, 0.29) is 23.8 Å². The fourth-order valence-electron chi connectivity index (χ4n) is 7.47. The Morgan fingerprint density at radius 1 is 1.09 bits per heavy atom. The van der Waals surface area contributed by atoms with Gasteiger partial charge in [0.15, 0.2) is 0 Å². The molecule has 0 bridgehead atoms. The number of nitrogens with zero attached hydrogens (tertiary/aromatic N) is 6. The molecule has 3 N–H and O–H groups in total. The average molecular weight is 782 g/mol. The molecule has 1 saturated heterocycles. The number of aromatic nitrogens is 4. The number of likely N-dealkylation sites (tertiary alicyclic amines) is 1. The number of piperidine rings is 1. The van der Waals surface area contributed by atoms with E-state index in [0.29, 0.717) is 58.6 Å². The normalized spacial score (nSPS) is 17.4. The molecule has 11 nitrogen and oxygen atoms in total. The molecule has 4 heterocycles. The lowest BCUT2D eigenvalue weighted by molar-refractivity contribution is -0.132. The zero-order chi connectivity index (χ0) is 37.5. The molecule has 1 fully saturated rings. The summed E-state index contributed by atoms with van der Waals surface area (Å²) >= 11 is 13.5. The van der Waals surface area contributed by atoms with Crippen molar-refractivity contribution >= 4 is 74.7 Å². The molecule has 2 aliphatic rings. The van der Waals surface area contributed by atoms with Gasteiger partial charge in [0, 0.05) is 81.4 Å². The van der Waals surface area contributed by atoms with E-state index in [1.165, 1.54) is 11.3 Å². The first kappa shape index (κ1) is 39.0. The Hall–Kier alpha value is -3.71. The first-order valence-corrected chi connectivity index (χ1v) is 20.5. The number of carbonyl (C=O) groups excluding carboxylic acids is 2. The maximum atomic E-state index is 13.2. The van der Waals surface area contributed by atoms with Crippen LogP contribution in [0.3, 0.4) is 0 Å². The van der Waals surface area contributed by atoms with Crippen LogP contribution in [0.4, 0.5) is 5.95 Å². The van der Waals surface area contributed by atoms with Crippen LogP contribution in [0, 0.1) is 11.8 Å². The van der Waals surface area contributed by atoms with Crippen molar-refractivity contribution in [1.29, 1.82) is 0 Å². The second-order valence-corrected chi connectivity index (χ2v) is 15.7. The molecule has 2 amide bonds. The number of rotatable bonds is 16. The van der Waals surface area contributed by atoms with Crippen molar-refractivity contribution in [3.8, 4) is 17.0 Å². The third kappa shape index (κ3) is 9.33. The molecular weight excluding hydrogens is 731 g/mol. The number of nitrogens with two attached hydrogens (primary N) is 1. The van der Waals surface area contributed by atoms with Gasteiger partial charge in [0.1, 0.15) is 16.4 Å². The van der Waals surface area contributed by atoms with Crippen LogP contribution in [0.15, 0.2) is 30.3 Å². The molecule has 53 heavy (non-hydrogen) atoms. The lowest BCUT2D eigenvalue weighted by Crippen LogP contribution is -2.46. The van der Waals surface area contributed by atoms with Crippen molar-refractivity contribution in [2.24, 2.45) is 18.9 Å². The summed E-state index contributed by atoms with van der Waals surface area (Å²) in [6, 6.07) is 9.84. The second kappa shape index (κ2) is 18.1. The molecular formula is C39H50Cl2N8O3S. The molecule has 6 rings (SSSR count). The summed E-state index contributed by atoms with van der Waals surface area (Å²) in [6.07, 6.45) is 9.48. The third-order valence-electron chi connectivity index (χ3n) is 10.3. The van der Waals surface area contributed by atoms with Gasteiger partial charge in [-0.3, -0.25) is 14.5 Å². The van der Waals surface area contributed by atoms with Crippen molar-refractivity contribution in [1.82, 2.24) is 34.6 Å². The van der Waals surface area contributed by atoms with Gasteiger partial charge >= 0.3 is 0 Å². The van der Waals surface area contributed by atoms with E-state index in [9.17, 15) is 9.59 Å². The first-order chi connectivity index (χ1) is 25.7. The van der Waals surface area contributed by atoms with Crippen molar-refractivity contribution < 1.29 is 14.3 Å². The molecule has 3 aromatic heterocycles. The van der Waals surface area contributed by atoms with Crippen molar-refractivity contribution in [2.75, 3.05) is 56.8 Å². The van der Waals surface area contributed by atoms with Crippen molar-refractivity contribution in [3.63, 3.8) is 0 Å². The van der Waals surface area contributed by atoms with Crippen molar-refractivity contribution in [3.05, 3.63) is 51.7 Å². The number of imidazole rings is 1. The van der Waals surface area contributed by atoms with E-state index in [0.717, 1.165) is 91.5 Å². The van der Waals surface area contributed by atoms with Gasteiger partial charge in [-0.05, 0) is 68.7 Å². The predicted molar refractivity (Wildman–Crippen MR) is 215 cm³/mol. The number of nitrogen functional groups attached to an aromatic ring is 1. The fraction of sp³-hybridized carbons (Fsp3) is 0.513. The Labute approximate surface area is 325 Å². The Balaban J connectivity index is 0.964. The van der Waals surface area contributed by atoms with Crippen LogP contribution in [0.5, 0.6) is 5.75 Å². The Bertz CT molecular complexity index is 2020. The molecule has 0 spiro atoms. The van der Waals surface area contributed by atoms with Crippen LogP contribution in [0.1, 0.15) is 61.4 Å². The number of aryl methyl sites for hydroxylation is 1. The zero-order valence-corrected chi connectivity index (χ0v) is 33.2. The van der Waals surface area contributed by atoms with E-state index in [1.54, 1.807) is 0 Å². The SMILES string of the molecule is CCNC(=O)c1cc2c(-c3cccc(OCCC4CCN(C(=O)CCCc5nc6c(n5C)=CC(C)C(N(CCCl)CCCl)C=6)CC4)c3)nc(N)nc2s1. The molecule has 14 heteroatoms. The molecule has 284 valence electrons. The van der Waals surface area contributed by atoms with E-state index >= 15 is 0 Å². The van der Waals surface area contributed by atoms with Gasteiger partial charge in [0.05, 0.1) is 27.9 Å². The maximum absolute atomic E-state index is 13.2. The van der Waals surface area contributed by atoms with E-state index in [4.69, 9.17) is 38.7 Å². The molecule has 1 aromatic carbocycles. The second-order valence-electron chi connectivity index (χ2n) is 13.9. The van der Waals surface area contributed by atoms with Gasteiger partial charge in [-0.2, -0.15) is 0 Å². The Morgan fingerprint density at radius 2 is 1.87 bits per heavy atom. The highest BCUT2D eigenvalue weighted by Crippen LogP contribution is 2.34. The monoisotopic (exact) mass is 780 g/mol. The van der Waals surface area contributed by atoms with Crippen molar-refractivity contribution in [2.45, 2.75) is 58.4 Å². The topological polar surface area (TPSA) is 132 Å². The van der Waals surface area contributed by atoms with Crippen LogP contribution in [0.25, 0.3) is 33.6 Å². The summed E-state index contributed by atoms with van der Waals surface area (Å²) in [4.78, 5) is 45.1. The average Bonchev–Trinajstić information content (AvgIpc) is 3.71. The van der Waals surface area contributed by atoms with Crippen LogP contribution in [0.2, 0.25) is 0 Å². The standard InChI is InChI=1S/C39H50Cl2N8O3S/c1-4-43-37(51)33-23-29-36(45-39(42)46-38(29)53-33)27-7-5-8-28(22-27)52-20-13-26-11-16-49(17-12-26)35(50)10-6-9-34-44-30-24-31(48(18-14-40)19-15-41)25(2)21-32(30)47(34)3/h5,7-8,21-26,31H,4,6,9-20H2,1-3H3,(H,43,51)(H2,42,45,46). The van der Waals surface area contributed by atoms with E-state index < -0.39 is 0 Å². The number of halogens is 2. The molecule has 4 aromatic rings. The number of hydrogen-bond acceptors (Lipinski definition) is 9. The molecule has 1 aliphatic heterocycles. The molecule has 2 atom stereocenters. The Morgan fingerprint density at radius 3 is 2.60 bits per heavy atom. The number of amides is 2. The largest absolute Gasteiger partial charge is 0.494 e. The number of nitrogens with one attached hydrogen (secondary N) is 1. The number of alkyl halides is 2. The predicted octanol–water partition coefficient (Wildman–Crippen LogP) is 4.81. The van der Waals surface area contributed by atoms with Crippen LogP contribution in [-0.2, 0) is 18.3 Å². The number of thiophene rings is 1. The Kier molecular flexibility index (Phi) is 13.3. The zero-order valence-electron chi connectivity index (χ0n) is 30.8.